The molecule has 1 aliphatic carbocycles. The van der Waals surface area contributed by atoms with Crippen molar-refractivity contribution in [1.82, 2.24) is 14.3 Å². The zero-order chi connectivity index (χ0) is 30.8. The molecule has 0 unspecified atom stereocenters. The summed E-state index contributed by atoms with van der Waals surface area (Å²) in [5.41, 5.74) is 6.52. The summed E-state index contributed by atoms with van der Waals surface area (Å²) in [6.07, 6.45) is 10.8. The van der Waals surface area contributed by atoms with Gasteiger partial charge in [0, 0.05) is 47.5 Å². The van der Waals surface area contributed by atoms with Crippen molar-refractivity contribution in [2.45, 2.75) is 32.6 Å². The van der Waals surface area contributed by atoms with Gasteiger partial charge in [-0.2, -0.15) is 5.10 Å². The van der Waals surface area contributed by atoms with Crippen molar-refractivity contribution in [1.29, 1.82) is 0 Å². The van der Waals surface area contributed by atoms with E-state index < -0.39 is 0 Å². The number of benzene rings is 2. The molecule has 9 nitrogen and oxygen atoms in total. The fourth-order valence-corrected chi connectivity index (χ4v) is 6.63. The van der Waals surface area contributed by atoms with Crippen LogP contribution in [0, 0.1) is 6.92 Å². The Morgan fingerprint density at radius 3 is 2.61 bits per heavy atom. The lowest BCUT2D eigenvalue weighted by molar-refractivity contribution is -0.111. The summed E-state index contributed by atoms with van der Waals surface area (Å²) in [7, 11) is 1.70. The summed E-state index contributed by atoms with van der Waals surface area (Å²) in [5, 5.41) is 13.4. The molecule has 0 atom stereocenters. The number of hydrogen-bond donors (Lipinski definition) is 3. The summed E-state index contributed by atoms with van der Waals surface area (Å²) in [6, 6.07) is 16.8. The number of carbonyl (C=O) groups is 2. The number of aryl methyl sites for hydroxylation is 3. The largest absolute Gasteiger partial charge is 0.351 e. The Kier molecular flexibility index (Phi) is 7.99. The molecule has 0 radical (unpaired) electrons. The van der Waals surface area contributed by atoms with Crippen LogP contribution in [0.1, 0.15) is 38.5 Å². The smallest absolute Gasteiger partial charge is 0.274 e. The van der Waals surface area contributed by atoms with Gasteiger partial charge < -0.3 is 20.5 Å². The number of thiophene rings is 1. The molecule has 0 saturated carbocycles. The minimum Gasteiger partial charge on any atom is -0.351 e. The number of amides is 2. The normalized spacial score (nSPS) is 12.3. The first kappa shape index (κ1) is 28.9. The Bertz CT molecular complexity index is 1930. The molecule has 3 N–H and O–H groups in total. The number of anilines is 4. The van der Waals surface area contributed by atoms with Crippen LogP contribution in [0.25, 0.3) is 16.8 Å². The summed E-state index contributed by atoms with van der Waals surface area (Å²) in [6.45, 7) is 5.50. The predicted molar refractivity (Wildman–Crippen MR) is 176 cm³/mol. The second-order valence-electron chi connectivity index (χ2n) is 10.8. The number of nitrogens with zero attached hydrogens (tertiary/aromatic N) is 3. The van der Waals surface area contributed by atoms with Gasteiger partial charge in [-0.3, -0.25) is 14.4 Å². The Balaban J connectivity index is 1.30. The highest BCUT2D eigenvalue weighted by Crippen LogP contribution is 2.33. The monoisotopic (exact) mass is 604 g/mol. The molecule has 1 aliphatic rings. The first-order valence-corrected chi connectivity index (χ1v) is 15.2. The molecule has 2 amide bonds. The van der Waals surface area contributed by atoms with Gasteiger partial charge >= 0.3 is 0 Å². The van der Waals surface area contributed by atoms with Gasteiger partial charge in [0.1, 0.15) is 5.69 Å². The lowest BCUT2D eigenvalue weighted by atomic mass is 9.99. The molecule has 6 rings (SSSR count). The van der Waals surface area contributed by atoms with E-state index >= 15 is 0 Å². The highest BCUT2D eigenvalue weighted by molar-refractivity contribution is 7.14. The topological polar surface area (TPSA) is 110 Å². The highest BCUT2D eigenvalue weighted by Gasteiger charge is 2.19. The molecule has 0 spiro atoms. The molecule has 2 aromatic carbocycles. The van der Waals surface area contributed by atoms with Gasteiger partial charge in [-0.25, -0.2) is 4.68 Å². The van der Waals surface area contributed by atoms with Gasteiger partial charge in [0.2, 0.25) is 5.91 Å². The number of nitrogens with one attached hydrogen (secondary N) is 3. The van der Waals surface area contributed by atoms with Crippen LogP contribution in [0.4, 0.5) is 22.7 Å². The Morgan fingerprint density at radius 1 is 1.00 bits per heavy atom. The van der Waals surface area contributed by atoms with E-state index in [0.717, 1.165) is 40.1 Å². The number of pyridine rings is 1. The quantitative estimate of drug-likeness (QED) is 0.173. The molecular weight excluding hydrogens is 572 g/mol. The molecule has 222 valence electrons. The summed E-state index contributed by atoms with van der Waals surface area (Å²) < 4.78 is 3.17. The van der Waals surface area contributed by atoms with Crippen LogP contribution in [-0.2, 0) is 24.7 Å². The predicted octanol–water partition coefficient (Wildman–Crippen LogP) is 6.61. The molecule has 3 aromatic heterocycles. The van der Waals surface area contributed by atoms with Gasteiger partial charge in [0.05, 0.1) is 16.3 Å². The van der Waals surface area contributed by atoms with E-state index in [9.17, 15) is 14.4 Å². The van der Waals surface area contributed by atoms with Crippen molar-refractivity contribution in [3.8, 4) is 16.8 Å². The van der Waals surface area contributed by atoms with Crippen LogP contribution in [0.15, 0.2) is 90.6 Å². The van der Waals surface area contributed by atoms with E-state index in [2.05, 4.69) is 27.6 Å². The van der Waals surface area contributed by atoms with Crippen LogP contribution >= 0.6 is 11.3 Å². The van der Waals surface area contributed by atoms with Crippen LogP contribution in [-0.4, -0.2) is 26.2 Å². The van der Waals surface area contributed by atoms with Crippen LogP contribution in [0.2, 0.25) is 0 Å². The van der Waals surface area contributed by atoms with Gasteiger partial charge in [-0.1, -0.05) is 18.7 Å². The zero-order valence-corrected chi connectivity index (χ0v) is 25.3. The molecule has 0 saturated heterocycles. The van der Waals surface area contributed by atoms with Crippen LogP contribution in [0.5, 0.6) is 0 Å². The SMILES string of the molecule is C=CC(=O)Nc1cc(Nc2cc(-c3cccc(NC(=O)c4cc5c(s4)CCCC5)c3C)cn(C)c2=O)ccc1-n1cccn1. The maximum absolute atomic E-state index is 13.2. The Labute approximate surface area is 258 Å². The number of fused-ring (bicyclic) bond motifs is 1. The molecule has 3 heterocycles. The third kappa shape index (κ3) is 5.84. The third-order valence-corrected chi connectivity index (χ3v) is 9.00. The van der Waals surface area contributed by atoms with Crippen molar-refractivity contribution in [3.05, 3.63) is 117 Å². The van der Waals surface area contributed by atoms with Gasteiger partial charge in [0.15, 0.2) is 0 Å². The third-order valence-electron chi connectivity index (χ3n) is 7.77. The average Bonchev–Trinajstić information content (AvgIpc) is 3.71. The number of carbonyl (C=O) groups excluding carboxylic acids is 2. The first-order chi connectivity index (χ1) is 21.3. The Hall–Kier alpha value is -5.22. The molecule has 0 aliphatic heterocycles. The molecule has 0 fully saturated rings. The van der Waals surface area contributed by atoms with Gasteiger partial charge in [0.25, 0.3) is 11.5 Å². The lowest BCUT2D eigenvalue weighted by Crippen LogP contribution is -2.19. The minimum atomic E-state index is -0.366. The van der Waals surface area contributed by atoms with Crippen molar-refractivity contribution in [2.24, 2.45) is 7.05 Å². The molecule has 0 bridgehead atoms. The minimum absolute atomic E-state index is 0.106. The standard InChI is InChI=1S/C34H32N6O3S/c1-4-32(41)37-27-19-24(13-14-29(27)40-16-8-15-35-40)36-28-17-23(20-39(3)34(28)43)25-10-7-11-26(21(25)2)38-33(42)31-18-22-9-5-6-12-30(22)44-31/h4,7-8,10-11,13-20,36H,1,5-6,9,12H2,2-3H3,(H,37,41)(H,38,42). The average molecular weight is 605 g/mol. The lowest BCUT2D eigenvalue weighted by Gasteiger charge is -2.16. The van der Waals surface area contributed by atoms with Crippen molar-refractivity contribution >= 4 is 45.9 Å². The number of rotatable bonds is 8. The summed E-state index contributed by atoms with van der Waals surface area (Å²) >= 11 is 1.59. The maximum Gasteiger partial charge on any atom is 0.274 e. The second kappa shape index (κ2) is 12.2. The van der Waals surface area contributed by atoms with E-state index in [1.165, 1.54) is 33.9 Å². The van der Waals surface area contributed by atoms with Crippen LogP contribution in [0.3, 0.4) is 0 Å². The fraction of sp³-hybridized carbons (Fsp3) is 0.176. The highest BCUT2D eigenvalue weighted by atomic mass is 32.1. The van der Waals surface area contributed by atoms with E-state index in [1.54, 1.807) is 59.9 Å². The fourth-order valence-electron chi connectivity index (χ4n) is 5.48. The second-order valence-corrected chi connectivity index (χ2v) is 11.9. The van der Waals surface area contributed by atoms with Crippen molar-refractivity contribution in [2.75, 3.05) is 16.0 Å². The van der Waals surface area contributed by atoms with Gasteiger partial charge in [-0.05, 0) is 97.8 Å². The first-order valence-electron chi connectivity index (χ1n) is 14.4. The zero-order valence-electron chi connectivity index (χ0n) is 24.5. The maximum atomic E-state index is 13.2. The van der Waals surface area contributed by atoms with Crippen molar-refractivity contribution < 1.29 is 9.59 Å². The molecular formula is C34H32N6O3S. The summed E-state index contributed by atoms with van der Waals surface area (Å²) in [4.78, 5) is 40.6. The van der Waals surface area contributed by atoms with E-state index in [0.29, 0.717) is 22.7 Å². The molecule has 5 aromatic rings. The number of aromatic nitrogens is 3. The Morgan fingerprint density at radius 2 is 1.84 bits per heavy atom. The van der Waals surface area contributed by atoms with Crippen LogP contribution < -0.4 is 21.5 Å². The van der Waals surface area contributed by atoms with Gasteiger partial charge in [-0.15, -0.1) is 11.3 Å². The summed E-state index contributed by atoms with van der Waals surface area (Å²) in [5.74, 6) is -0.472. The van der Waals surface area contributed by atoms with E-state index in [1.807, 2.05) is 43.3 Å². The van der Waals surface area contributed by atoms with E-state index in [4.69, 9.17) is 0 Å². The molecule has 44 heavy (non-hydrogen) atoms. The molecule has 10 heteroatoms. The van der Waals surface area contributed by atoms with E-state index in [-0.39, 0.29) is 17.4 Å². The number of hydrogen-bond acceptors (Lipinski definition) is 6. The van der Waals surface area contributed by atoms with Crippen molar-refractivity contribution in [3.63, 3.8) is 0 Å².